The average molecular weight is 344 g/mol. The summed E-state index contributed by atoms with van der Waals surface area (Å²) >= 11 is 0. The molecule has 1 heterocycles. The van der Waals surface area contributed by atoms with E-state index in [9.17, 15) is 14.4 Å². The minimum absolute atomic E-state index is 0.0229. The molecule has 2 amide bonds. The van der Waals surface area contributed by atoms with E-state index in [0.717, 1.165) is 31.2 Å². The summed E-state index contributed by atoms with van der Waals surface area (Å²) in [6, 6.07) is 7.21. The van der Waals surface area contributed by atoms with Gasteiger partial charge in [-0.05, 0) is 18.9 Å². The van der Waals surface area contributed by atoms with Crippen molar-refractivity contribution in [3.63, 3.8) is 0 Å². The zero-order valence-electron chi connectivity index (χ0n) is 14.3. The van der Waals surface area contributed by atoms with Gasteiger partial charge in [0.05, 0.1) is 0 Å². The lowest BCUT2D eigenvalue weighted by molar-refractivity contribution is -0.137. The van der Waals surface area contributed by atoms with Gasteiger partial charge in [0.2, 0.25) is 5.91 Å². The Labute approximate surface area is 147 Å². The van der Waals surface area contributed by atoms with E-state index in [1.54, 1.807) is 12.1 Å². The Morgan fingerprint density at radius 2 is 1.68 bits per heavy atom. The predicted octanol–water partition coefficient (Wildman–Crippen LogP) is 2.65. The number of benzene rings is 1. The molecular weight excluding hydrogens is 320 g/mol. The number of hydrogen-bond donors (Lipinski definition) is 2. The van der Waals surface area contributed by atoms with Crippen molar-refractivity contribution in [2.24, 2.45) is 0 Å². The second-order valence-corrected chi connectivity index (χ2v) is 6.15. The molecule has 6 heteroatoms. The number of rotatable bonds is 10. The fourth-order valence-electron chi connectivity index (χ4n) is 2.86. The number of aliphatic carboxylic acids is 1. The number of carboxylic acid groups (broad SMARTS) is 1. The van der Waals surface area contributed by atoms with Crippen LogP contribution in [0.5, 0.6) is 0 Å². The quantitative estimate of drug-likeness (QED) is 0.639. The monoisotopic (exact) mass is 344 g/mol. The third-order valence-corrected chi connectivity index (χ3v) is 4.23. The van der Waals surface area contributed by atoms with E-state index < -0.39 is 5.97 Å². The van der Waals surface area contributed by atoms with E-state index in [4.69, 9.17) is 5.11 Å². The third kappa shape index (κ3) is 5.17. The highest BCUT2D eigenvalue weighted by Crippen LogP contribution is 2.30. The summed E-state index contributed by atoms with van der Waals surface area (Å²) in [6.07, 6.45) is 4.55. The van der Waals surface area contributed by atoms with Gasteiger partial charge in [0.25, 0.3) is 5.91 Å². The summed E-state index contributed by atoms with van der Waals surface area (Å²) in [7, 11) is 0. The largest absolute Gasteiger partial charge is 0.481 e. The zero-order chi connectivity index (χ0) is 18.2. The molecule has 25 heavy (non-hydrogen) atoms. The Morgan fingerprint density at radius 3 is 2.36 bits per heavy atom. The topological polar surface area (TPSA) is 86.7 Å². The minimum Gasteiger partial charge on any atom is -0.481 e. The van der Waals surface area contributed by atoms with Gasteiger partial charge in [0.15, 0.2) is 0 Å². The molecule has 1 aliphatic rings. The van der Waals surface area contributed by atoms with Gasteiger partial charge < -0.3 is 10.4 Å². The van der Waals surface area contributed by atoms with Crippen molar-refractivity contribution in [1.29, 1.82) is 0 Å². The molecule has 6 nitrogen and oxygen atoms in total. The Morgan fingerprint density at radius 1 is 1.04 bits per heavy atom. The van der Waals surface area contributed by atoms with Gasteiger partial charge in [0.1, 0.15) is 6.54 Å². The maximum atomic E-state index is 12.3. The maximum absolute atomic E-state index is 12.3. The molecule has 0 saturated carbocycles. The summed E-state index contributed by atoms with van der Waals surface area (Å²) in [6.45, 7) is 4.45. The van der Waals surface area contributed by atoms with Crippen LogP contribution in [0.4, 0.5) is 0 Å². The molecule has 0 aromatic heterocycles. The number of fused-ring (bicyclic) bond motifs is 1. The Balaban J connectivity index is 1.64. The van der Waals surface area contributed by atoms with Gasteiger partial charge in [-0.25, -0.2) is 0 Å². The van der Waals surface area contributed by atoms with Crippen LogP contribution in [0.2, 0.25) is 0 Å². The molecule has 0 atom stereocenters. The van der Waals surface area contributed by atoms with Crippen LogP contribution in [-0.2, 0) is 9.59 Å². The fraction of sp³-hybridized carbons (Fsp3) is 0.421. The third-order valence-electron chi connectivity index (χ3n) is 4.23. The molecule has 0 aliphatic carbocycles. The number of hydrogen-bond acceptors (Lipinski definition) is 3. The number of nitrogens with zero attached hydrogens (tertiary/aromatic N) is 1. The van der Waals surface area contributed by atoms with Crippen LogP contribution in [0.1, 0.15) is 54.4 Å². The molecule has 0 spiro atoms. The highest BCUT2D eigenvalue weighted by Gasteiger charge is 2.31. The highest BCUT2D eigenvalue weighted by molar-refractivity contribution is 6.10. The first-order valence-corrected chi connectivity index (χ1v) is 8.59. The van der Waals surface area contributed by atoms with Gasteiger partial charge in [-0.2, -0.15) is 0 Å². The molecule has 134 valence electrons. The van der Waals surface area contributed by atoms with Crippen molar-refractivity contribution < 1.29 is 19.5 Å². The molecule has 1 aromatic rings. The standard InChI is InChI=1S/C19H24N2O4/c1-14-15-9-6-7-10-16(15)19(25)21(14)13-17(22)20-12-8-4-2-3-5-11-18(23)24/h6-7,9-10H,1-5,8,11-13H2,(H,20,22)(H,23,24). The van der Waals surface area contributed by atoms with Gasteiger partial charge in [-0.1, -0.05) is 44.0 Å². The normalized spacial score (nSPS) is 13.0. The van der Waals surface area contributed by atoms with Crippen molar-refractivity contribution in [3.8, 4) is 0 Å². The van der Waals surface area contributed by atoms with Crippen LogP contribution in [0.3, 0.4) is 0 Å². The van der Waals surface area contributed by atoms with Crippen LogP contribution >= 0.6 is 0 Å². The number of carbonyl (C=O) groups is 3. The lowest BCUT2D eigenvalue weighted by Crippen LogP contribution is -2.37. The molecule has 0 unspecified atom stereocenters. The molecule has 1 aromatic carbocycles. The number of nitrogens with one attached hydrogen (secondary N) is 1. The first kappa shape index (κ1) is 18.7. The van der Waals surface area contributed by atoms with E-state index in [0.29, 0.717) is 24.2 Å². The van der Waals surface area contributed by atoms with Crippen LogP contribution in [0, 0.1) is 0 Å². The first-order chi connectivity index (χ1) is 12.0. The summed E-state index contributed by atoms with van der Waals surface area (Å²) < 4.78 is 0. The molecule has 0 saturated heterocycles. The fourth-order valence-corrected chi connectivity index (χ4v) is 2.86. The van der Waals surface area contributed by atoms with Crippen molar-refractivity contribution in [3.05, 3.63) is 42.0 Å². The lowest BCUT2D eigenvalue weighted by atomic mass is 10.1. The molecule has 0 bridgehead atoms. The average Bonchev–Trinajstić information content (AvgIpc) is 2.82. The van der Waals surface area contributed by atoms with Crippen LogP contribution in [0.25, 0.3) is 5.70 Å². The zero-order valence-corrected chi connectivity index (χ0v) is 14.3. The van der Waals surface area contributed by atoms with Crippen LogP contribution in [-0.4, -0.2) is 40.9 Å². The van der Waals surface area contributed by atoms with E-state index in [2.05, 4.69) is 11.9 Å². The first-order valence-electron chi connectivity index (χ1n) is 8.59. The van der Waals surface area contributed by atoms with Gasteiger partial charge in [-0.3, -0.25) is 19.3 Å². The summed E-state index contributed by atoms with van der Waals surface area (Å²) in [4.78, 5) is 36.1. The van der Waals surface area contributed by atoms with E-state index >= 15 is 0 Å². The SMILES string of the molecule is C=C1c2ccccc2C(=O)N1CC(=O)NCCCCCCCC(=O)O. The van der Waals surface area contributed by atoms with Gasteiger partial charge in [0, 0.05) is 29.8 Å². The molecule has 0 fully saturated rings. The van der Waals surface area contributed by atoms with Crippen molar-refractivity contribution >= 4 is 23.5 Å². The van der Waals surface area contributed by atoms with E-state index in [-0.39, 0.29) is 24.8 Å². The van der Waals surface area contributed by atoms with E-state index in [1.165, 1.54) is 4.90 Å². The van der Waals surface area contributed by atoms with Crippen LogP contribution < -0.4 is 5.32 Å². The number of amides is 2. The second-order valence-electron chi connectivity index (χ2n) is 6.15. The maximum Gasteiger partial charge on any atom is 0.303 e. The summed E-state index contributed by atoms with van der Waals surface area (Å²) in [5.74, 6) is -1.14. The van der Waals surface area contributed by atoms with E-state index in [1.807, 2.05) is 12.1 Å². The van der Waals surface area contributed by atoms with Crippen molar-refractivity contribution in [1.82, 2.24) is 10.2 Å². The predicted molar refractivity (Wildman–Crippen MR) is 94.9 cm³/mol. The summed E-state index contributed by atoms with van der Waals surface area (Å²) in [5.41, 5.74) is 1.93. The molecule has 2 N–H and O–H groups in total. The highest BCUT2D eigenvalue weighted by atomic mass is 16.4. The molecule has 2 rings (SSSR count). The summed E-state index contributed by atoms with van der Waals surface area (Å²) in [5, 5.41) is 11.4. The molecule has 0 radical (unpaired) electrons. The van der Waals surface area contributed by atoms with Crippen molar-refractivity contribution in [2.75, 3.05) is 13.1 Å². The molecule has 1 aliphatic heterocycles. The molecular formula is C19H24N2O4. The van der Waals surface area contributed by atoms with Gasteiger partial charge in [-0.15, -0.1) is 0 Å². The number of carboxylic acids is 1. The number of carbonyl (C=O) groups excluding carboxylic acids is 2. The minimum atomic E-state index is -0.757. The lowest BCUT2D eigenvalue weighted by Gasteiger charge is -2.16. The van der Waals surface area contributed by atoms with Crippen molar-refractivity contribution in [2.45, 2.75) is 38.5 Å². The number of unbranched alkanes of at least 4 members (excludes halogenated alkanes) is 4. The Kier molecular flexibility index (Phi) is 6.74. The Hall–Kier alpha value is -2.63. The Bertz CT molecular complexity index is 634. The van der Waals surface area contributed by atoms with Gasteiger partial charge >= 0.3 is 5.97 Å². The second kappa shape index (κ2) is 9.01. The van der Waals surface area contributed by atoms with Crippen LogP contribution in [0.15, 0.2) is 30.8 Å². The smallest absolute Gasteiger partial charge is 0.303 e.